The molecule has 126 valence electrons. The number of hydrogen-bond donors (Lipinski definition) is 2. The number of nitrogens with zero attached hydrogens (tertiary/aromatic N) is 1. The van der Waals surface area contributed by atoms with Crippen molar-refractivity contribution in [2.75, 3.05) is 32.5 Å². The van der Waals surface area contributed by atoms with Crippen molar-refractivity contribution in [3.63, 3.8) is 0 Å². The van der Waals surface area contributed by atoms with Gasteiger partial charge in [0.25, 0.3) is 11.8 Å². The van der Waals surface area contributed by atoms with Crippen LogP contribution >= 0.6 is 15.9 Å². The van der Waals surface area contributed by atoms with Crippen LogP contribution in [0.4, 0.5) is 5.69 Å². The molecule has 2 rings (SSSR count). The van der Waals surface area contributed by atoms with Crippen molar-refractivity contribution in [2.45, 2.75) is 0 Å². The van der Waals surface area contributed by atoms with Gasteiger partial charge in [-0.05, 0) is 56.6 Å². The number of halogens is 1. The summed E-state index contributed by atoms with van der Waals surface area (Å²) in [6.07, 6.45) is 0. The third-order valence-electron chi connectivity index (χ3n) is 3.34. The molecule has 5 nitrogen and oxygen atoms in total. The highest BCUT2D eigenvalue weighted by molar-refractivity contribution is 9.10. The van der Waals surface area contributed by atoms with Crippen molar-refractivity contribution in [2.24, 2.45) is 0 Å². The first kappa shape index (κ1) is 18.2. The van der Waals surface area contributed by atoms with Gasteiger partial charge in [-0.25, -0.2) is 0 Å². The lowest BCUT2D eigenvalue weighted by atomic mass is 10.1. The predicted octanol–water partition coefficient (Wildman–Crippen LogP) is 2.99. The summed E-state index contributed by atoms with van der Waals surface area (Å²) < 4.78 is 0.894. The molecule has 0 atom stereocenters. The van der Waals surface area contributed by atoms with Gasteiger partial charge in [0.05, 0.1) is 0 Å². The molecule has 0 unspecified atom stereocenters. The van der Waals surface area contributed by atoms with E-state index >= 15 is 0 Å². The van der Waals surface area contributed by atoms with Gasteiger partial charge in [0.1, 0.15) is 0 Å². The van der Waals surface area contributed by atoms with Gasteiger partial charge >= 0.3 is 0 Å². The molecule has 0 radical (unpaired) electrons. The molecule has 0 aliphatic carbocycles. The molecule has 0 saturated carbocycles. The number of rotatable bonds is 6. The Morgan fingerprint density at radius 1 is 1.00 bits per heavy atom. The summed E-state index contributed by atoms with van der Waals surface area (Å²) in [5, 5.41) is 5.66. The van der Waals surface area contributed by atoms with Crippen LogP contribution in [0.3, 0.4) is 0 Å². The molecule has 0 aromatic heterocycles. The van der Waals surface area contributed by atoms with Crippen molar-refractivity contribution in [1.82, 2.24) is 10.2 Å². The number of likely N-dealkylation sites (N-methyl/N-ethyl adjacent to an activating group) is 1. The Morgan fingerprint density at radius 2 is 1.62 bits per heavy atom. The molecular weight excluding hydrogens is 370 g/mol. The molecule has 0 spiro atoms. The zero-order chi connectivity index (χ0) is 17.5. The van der Waals surface area contributed by atoms with Crippen LogP contribution in [-0.4, -0.2) is 43.9 Å². The predicted molar refractivity (Wildman–Crippen MR) is 99.4 cm³/mol. The number of nitrogens with one attached hydrogen (secondary N) is 2. The summed E-state index contributed by atoms with van der Waals surface area (Å²) in [6.45, 7) is 1.36. The van der Waals surface area contributed by atoms with Crippen molar-refractivity contribution >= 4 is 33.4 Å². The lowest BCUT2D eigenvalue weighted by Crippen LogP contribution is -2.31. The lowest BCUT2D eigenvalue weighted by molar-refractivity contribution is 0.0949. The fraction of sp³-hybridized carbons (Fsp3) is 0.222. The Bertz CT molecular complexity index is 714. The van der Waals surface area contributed by atoms with Crippen LogP contribution < -0.4 is 10.6 Å². The minimum Gasteiger partial charge on any atom is -0.351 e. The fourth-order valence-corrected chi connectivity index (χ4v) is 2.44. The van der Waals surface area contributed by atoms with Gasteiger partial charge in [-0.2, -0.15) is 0 Å². The average molecular weight is 390 g/mol. The number of carbonyl (C=O) groups is 2. The number of amides is 2. The van der Waals surface area contributed by atoms with E-state index in [1.54, 1.807) is 24.3 Å². The minimum absolute atomic E-state index is 0.143. The van der Waals surface area contributed by atoms with Gasteiger partial charge in [-0.1, -0.05) is 22.0 Å². The van der Waals surface area contributed by atoms with Gasteiger partial charge in [0, 0.05) is 34.4 Å². The van der Waals surface area contributed by atoms with Crippen LogP contribution in [0.1, 0.15) is 20.7 Å². The average Bonchev–Trinajstić information content (AvgIpc) is 2.54. The van der Waals surface area contributed by atoms with E-state index in [0.29, 0.717) is 23.4 Å². The van der Waals surface area contributed by atoms with Gasteiger partial charge in [-0.15, -0.1) is 0 Å². The minimum atomic E-state index is -0.215. The van der Waals surface area contributed by atoms with Crippen LogP contribution in [0, 0.1) is 0 Å². The molecule has 0 saturated heterocycles. The van der Waals surface area contributed by atoms with Crippen molar-refractivity contribution < 1.29 is 9.59 Å². The van der Waals surface area contributed by atoms with E-state index in [1.807, 2.05) is 43.3 Å². The van der Waals surface area contributed by atoms with Crippen molar-refractivity contribution in [3.05, 3.63) is 64.1 Å². The largest absolute Gasteiger partial charge is 0.351 e. The molecule has 2 aromatic carbocycles. The second-order valence-corrected chi connectivity index (χ2v) is 6.52. The number of anilines is 1. The van der Waals surface area contributed by atoms with Crippen LogP contribution in [0.2, 0.25) is 0 Å². The van der Waals surface area contributed by atoms with E-state index in [2.05, 4.69) is 26.6 Å². The summed E-state index contributed by atoms with van der Waals surface area (Å²) in [5.74, 6) is -0.358. The maximum absolute atomic E-state index is 12.2. The molecule has 0 fully saturated rings. The number of benzene rings is 2. The maximum atomic E-state index is 12.2. The zero-order valence-electron chi connectivity index (χ0n) is 13.7. The van der Waals surface area contributed by atoms with Crippen LogP contribution in [0.5, 0.6) is 0 Å². The Balaban J connectivity index is 1.95. The lowest BCUT2D eigenvalue weighted by Gasteiger charge is -2.10. The Hall–Kier alpha value is -2.18. The number of carbonyl (C=O) groups excluding carboxylic acids is 2. The first-order chi connectivity index (χ1) is 11.5. The van der Waals surface area contributed by atoms with E-state index in [1.165, 1.54) is 0 Å². The Kier molecular flexibility index (Phi) is 6.52. The first-order valence-corrected chi connectivity index (χ1v) is 8.35. The third-order valence-corrected chi connectivity index (χ3v) is 3.83. The monoisotopic (exact) mass is 389 g/mol. The molecule has 0 aliphatic heterocycles. The summed E-state index contributed by atoms with van der Waals surface area (Å²) in [4.78, 5) is 26.2. The van der Waals surface area contributed by atoms with Crippen molar-refractivity contribution in [1.29, 1.82) is 0 Å². The number of hydrogen-bond acceptors (Lipinski definition) is 3. The fourth-order valence-electron chi connectivity index (χ4n) is 2.04. The summed E-state index contributed by atoms with van der Waals surface area (Å²) in [7, 11) is 3.90. The van der Waals surface area contributed by atoms with E-state index in [9.17, 15) is 9.59 Å². The van der Waals surface area contributed by atoms with E-state index in [4.69, 9.17) is 0 Å². The van der Waals surface area contributed by atoms with Crippen LogP contribution in [-0.2, 0) is 0 Å². The van der Waals surface area contributed by atoms with E-state index < -0.39 is 0 Å². The second kappa shape index (κ2) is 8.61. The molecule has 6 heteroatoms. The standard InChI is InChI=1S/C18H20BrN3O2/c1-22(2)11-10-20-17(23)13-6-8-14(9-7-13)18(24)21-16-5-3-4-15(19)12-16/h3-9,12H,10-11H2,1-2H3,(H,20,23)(H,21,24). The highest BCUT2D eigenvalue weighted by atomic mass is 79.9. The molecule has 0 heterocycles. The molecule has 0 bridgehead atoms. The first-order valence-electron chi connectivity index (χ1n) is 7.55. The van der Waals surface area contributed by atoms with E-state index in [-0.39, 0.29) is 11.8 Å². The van der Waals surface area contributed by atoms with Gasteiger partial charge in [0.15, 0.2) is 0 Å². The van der Waals surface area contributed by atoms with Crippen molar-refractivity contribution in [3.8, 4) is 0 Å². The van der Waals surface area contributed by atoms with Gasteiger partial charge in [-0.3, -0.25) is 9.59 Å². The molecular formula is C18H20BrN3O2. The van der Waals surface area contributed by atoms with Gasteiger partial charge in [0.2, 0.25) is 0 Å². The Morgan fingerprint density at radius 3 is 2.21 bits per heavy atom. The molecule has 24 heavy (non-hydrogen) atoms. The van der Waals surface area contributed by atoms with E-state index in [0.717, 1.165) is 11.0 Å². The topological polar surface area (TPSA) is 61.4 Å². The molecule has 2 N–H and O–H groups in total. The highest BCUT2D eigenvalue weighted by Crippen LogP contribution is 2.16. The summed E-state index contributed by atoms with van der Waals surface area (Å²) in [5.41, 5.74) is 1.74. The molecule has 2 aromatic rings. The maximum Gasteiger partial charge on any atom is 0.255 e. The normalized spacial score (nSPS) is 10.5. The quantitative estimate of drug-likeness (QED) is 0.797. The Labute approximate surface area is 150 Å². The second-order valence-electron chi connectivity index (χ2n) is 5.60. The summed E-state index contributed by atoms with van der Waals surface area (Å²) in [6, 6.07) is 14.0. The molecule has 2 amide bonds. The third kappa shape index (κ3) is 5.47. The molecule has 0 aliphatic rings. The van der Waals surface area contributed by atoms with Crippen LogP contribution in [0.15, 0.2) is 53.0 Å². The smallest absolute Gasteiger partial charge is 0.255 e. The zero-order valence-corrected chi connectivity index (χ0v) is 15.3. The SMILES string of the molecule is CN(C)CCNC(=O)c1ccc(C(=O)Nc2cccc(Br)c2)cc1. The van der Waals surface area contributed by atoms with Crippen LogP contribution in [0.25, 0.3) is 0 Å². The summed E-state index contributed by atoms with van der Waals surface area (Å²) >= 11 is 3.36. The van der Waals surface area contributed by atoms with Gasteiger partial charge < -0.3 is 15.5 Å². The highest BCUT2D eigenvalue weighted by Gasteiger charge is 2.09.